The van der Waals surface area contributed by atoms with Crippen LogP contribution < -0.4 is 14.9 Å². The predicted octanol–water partition coefficient (Wildman–Crippen LogP) is -0.600. The fraction of sp³-hybridized carbons (Fsp3) is 0.400. The van der Waals surface area contributed by atoms with Gasteiger partial charge in [0.25, 0.3) is 0 Å². The van der Waals surface area contributed by atoms with E-state index in [4.69, 9.17) is 24.3 Å². The molecule has 0 amide bonds. The average molecular weight is 226 g/mol. The molecule has 0 saturated carbocycles. The number of hydrogen-bond donors (Lipinski definition) is 2. The summed E-state index contributed by atoms with van der Waals surface area (Å²) >= 11 is 0. The summed E-state index contributed by atoms with van der Waals surface area (Å²) in [6.07, 6.45) is 0. The number of ether oxygens (including phenoxy) is 3. The van der Waals surface area contributed by atoms with E-state index in [1.165, 1.54) is 13.2 Å². The molecule has 0 atom stereocenters. The van der Waals surface area contributed by atoms with Gasteiger partial charge in [0.2, 0.25) is 0 Å². The molecule has 0 aliphatic carbocycles. The van der Waals surface area contributed by atoms with Crippen LogP contribution in [0.4, 0.5) is 0 Å². The van der Waals surface area contributed by atoms with Gasteiger partial charge in [-0.05, 0) is 18.2 Å². The van der Waals surface area contributed by atoms with Gasteiger partial charge < -0.3 is 24.3 Å². The summed E-state index contributed by atoms with van der Waals surface area (Å²) in [5.74, 6) is 0.954. The Kier molecular flexibility index (Phi) is 5.11. The lowest BCUT2D eigenvalue weighted by atomic mass is 9.79. The van der Waals surface area contributed by atoms with Crippen molar-refractivity contribution in [2.45, 2.75) is 0 Å². The van der Waals surface area contributed by atoms with Crippen LogP contribution in [0.15, 0.2) is 18.2 Å². The van der Waals surface area contributed by atoms with Crippen LogP contribution in [0.5, 0.6) is 11.5 Å². The minimum Gasteiger partial charge on any atom is -0.497 e. The van der Waals surface area contributed by atoms with Crippen LogP contribution in [-0.4, -0.2) is 44.6 Å². The van der Waals surface area contributed by atoms with Crippen LogP contribution in [-0.2, 0) is 4.74 Å². The summed E-state index contributed by atoms with van der Waals surface area (Å²) in [7, 11) is 1.49. The normalized spacial score (nSPS) is 10.0. The lowest BCUT2D eigenvalue weighted by Crippen LogP contribution is -2.31. The molecule has 2 N–H and O–H groups in total. The third-order valence-electron chi connectivity index (χ3n) is 2.04. The van der Waals surface area contributed by atoms with E-state index in [2.05, 4.69) is 0 Å². The Morgan fingerprint density at radius 2 is 1.94 bits per heavy atom. The maximum Gasteiger partial charge on any atom is 0.492 e. The fourth-order valence-corrected chi connectivity index (χ4v) is 1.22. The first-order chi connectivity index (χ1) is 7.69. The number of methoxy groups -OCH3 is 2. The Balaban J connectivity index is 2.81. The molecule has 1 aromatic rings. The van der Waals surface area contributed by atoms with Crippen molar-refractivity contribution in [1.29, 1.82) is 0 Å². The van der Waals surface area contributed by atoms with E-state index in [9.17, 15) is 0 Å². The van der Waals surface area contributed by atoms with Crippen LogP contribution in [0, 0.1) is 0 Å². The van der Waals surface area contributed by atoms with E-state index < -0.39 is 7.12 Å². The van der Waals surface area contributed by atoms with Crippen LogP contribution in [0.1, 0.15) is 0 Å². The zero-order valence-corrected chi connectivity index (χ0v) is 9.34. The third kappa shape index (κ3) is 3.41. The summed E-state index contributed by atoms with van der Waals surface area (Å²) in [6, 6.07) is 4.84. The largest absolute Gasteiger partial charge is 0.497 e. The maximum atomic E-state index is 9.17. The molecule has 0 aliphatic heterocycles. The van der Waals surface area contributed by atoms with Gasteiger partial charge in [-0.3, -0.25) is 0 Å². The van der Waals surface area contributed by atoms with Gasteiger partial charge in [0.15, 0.2) is 0 Å². The number of benzene rings is 1. The van der Waals surface area contributed by atoms with Gasteiger partial charge >= 0.3 is 7.12 Å². The Labute approximate surface area is 94.7 Å². The zero-order chi connectivity index (χ0) is 12.0. The highest BCUT2D eigenvalue weighted by molar-refractivity contribution is 6.59. The topological polar surface area (TPSA) is 68.2 Å². The summed E-state index contributed by atoms with van der Waals surface area (Å²) in [5, 5.41) is 18.3. The van der Waals surface area contributed by atoms with E-state index in [0.717, 1.165) is 0 Å². The summed E-state index contributed by atoms with van der Waals surface area (Å²) in [6.45, 7) is 0.787. The van der Waals surface area contributed by atoms with Gasteiger partial charge in [-0.15, -0.1) is 0 Å². The highest BCUT2D eigenvalue weighted by Crippen LogP contribution is 2.15. The Hall–Kier alpha value is -1.24. The predicted molar refractivity (Wildman–Crippen MR) is 60.2 cm³/mol. The Morgan fingerprint density at radius 1 is 1.19 bits per heavy atom. The number of hydrogen-bond acceptors (Lipinski definition) is 5. The molecule has 0 radical (unpaired) electrons. The van der Waals surface area contributed by atoms with Crippen molar-refractivity contribution in [2.75, 3.05) is 27.4 Å². The standard InChI is InChI=1S/C10H15BO5/c1-14-5-6-16-10-4-3-8(15-2)7-9(10)11(12)13/h3-4,7,12-13H,5-6H2,1-2H3. The van der Waals surface area contributed by atoms with Gasteiger partial charge in [-0.25, -0.2) is 0 Å². The highest BCUT2D eigenvalue weighted by Gasteiger charge is 2.18. The van der Waals surface area contributed by atoms with Crippen molar-refractivity contribution in [2.24, 2.45) is 0 Å². The molecule has 6 heteroatoms. The van der Waals surface area contributed by atoms with E-state index in [1.807, 2.05) is 0 Å². The summed E-state index contributed by atoms with van der Waals surface area (Å²) in [5.41, 5.74) is 0.274. The maximum absolute atomic E-state index is 9.17. The van der Waals surface area contributed by atoms with Crippen molar-refractivity contribution < 1.29 is 24.3 Å². The van der Waals surface area contributed by atoms with Crippen molar-refractivity contribution in [3.63, 3.8) is 0 Å². The molecule has 88 valence electrons. The van der Waals surface area contributed by atoms with Crippen LogP contribution >= 0.6 is 0 Å². The van der Waals surface area contributed by atoms with Crippen molar-refractivity contribution in [1.82, 2.24) is 0 Å². The van der Waals surface area contributed by atoms with Gasteiger partial charge in [0.1, 0.15) is 18.1 Å². The van der Waals surface area contributed by atoms with Crippen LogP contribution in [0.3, 0.4) is 0 Å². The molecule has 0 bridgehead atoms. The molecule has 0 aromatic heterocycles. The molecule has 16 heavy (non-hydrogen) atoms. The van der Waals surface area contributed by atoms with E-state index >= 15 is 0 Å². The smallest absolute Gasteiger partial charge is 0.492 e. The first kappa shape index (κ1) is 12.8. The van der Waals surface area contributed by atoms with Gasteiger partial charge in [-0.1, -0.05) is 0 Å². The molecule has 0 aliphatic rings. The van der Waals surface area contributed by atoms with Crippen LogP contribution in [0.2, 0.25) is 0 Å². The second kappa shape index (κ2) is 6.37. The van der Waals surface area contributed by atoms with Crippen molar-refractivity contribution in [3.8, 4) is 11.5 Å². The Morgan fingerprint density at radius 3 is 2.50 bits per heavy atom. The first-order valence-electron chi connectivity index (χ1n) is 4.85. The van der Waals surface area contributed by atoms with Crippen molar-refractivity contribution >= 4 is 12.6 Å². The molecule has 0 unspecified atom stereocenters. The molecular weight excluding hydrogens is 211 g/mol. The molecule has 1 aromatic carbocycles. The fourth-order valence-electron chi connectivity index (χ4n) is 1.22. The van der Waals surface area contributed by atoms with Crippen molar-refractivity contribution in [3.05, 3.63) is 18.2 Å². The zero-order valence-electron chi connectivity index (χ0n) is 9.34. The Bertz CT molecular complexity index is 329. The minimum absolute atomic E-state index is 0.274. The second-order valence-electron chi connectivity index (χ2n) is 3.12. The van der Waals surface area contributed by atoms with Gasteiger partial charge in [-0.2, -0.15) is 0 Å². The van der Waals surface area contributed by atoms with E-state index in [-0.39, 0.29) is 5.46 Å². The summed E-state index contributed by atoms with van der Waals surface area (Å²) < 4.78 is 15.2. The molecule has 1 rings (SSSR count). The average Bonchev–Trinajstić information content (AvgIpc) is 2.29. The second-order valence-corrected chi connectivity index (χ2v) is 3.12. The molecular formula is C10H15BO5. The van der Waals surface area contributed by atoms with E-state index in [1.54, 1.807) is 19.2 Å². The minimum atomic E-state index is -1.59. The van der Waals surface area contributed by atoms with Gasteiger partial charge in [0, 0.05) is 12.6 Å². The molecule has 0 heterocycles. The molecule has 0 saturated heterocycles. The molecule has 0 spiro atoms. The lowest BCUT2D eigenvalue weighted by molar-refractivity contribution is 0.146. The SMILES string of the molecule is COCCOc1ccc(OC)cc1B(O)O. The molecule has 5 nitrogen and oxygen atoms in total. The number of rotatable bonds is 6. The monoisotopic (exact) mass is 226 g/mol. The third-order valence-corrected chi connectivity index (χ3v) is 2.04. The van der Waals surface area contributed by atoms with Gasteiger partial charge in [0.05, 0.1) is 13.7 Å². The lowest BCUT2D eigenvalue weighted by Gasteiger charge is -2.12. The first-order valence-corrected chi connectivity index (χ1v) is 4.85. The quantitative estimate of drug-likeness (QED) is 0.500. The summed E-state index contributed by atoms with van der Waals surface area (Å²) in [4.78, 5) is 0. The van der Waals surface area contributed by atoms with Crippen LogP contribution in [0.25, 0.3) is 0 Å². The van der Waals surface area contributed by atoms with E-state index in [0.29, 0.717) is 24.7 Å². The molecule has 0 fully saturated rings. The highest BCUT2D eigenvalue weighted by atomic mass is 16.5.